The molecule has 0 aliphatic heterocycles. The van der Waals surface area contributed by atoms with Crippen LogP contribution in [0.25, 0.3) is 0 Å². The summed E-state index contributed by atoms with van der Waals surface area (Å²) in [4.78, 5) is 0. The summed E-state index contributed by atoms with van der Waals surface area (Å²) >= 11 is 3.57. The van der Waals surface area contributed by atoms with Crippen molar-refractivity contribution in [3.8, 4) is 0 Å². The van der Waals surface area contributed by atoms with Crippen molar-refractivity contribution in [2.24, 2.45) is 0 Å². The van der Waals surface area contributed by atoms with Crippen LogP contribution in [0.2, 0.25) is 19.6 Å². The van der Waals surface area contributed by atoms with Gasteiger partial charge in [-0.2, -0.15) is 0 Å². The van der Waals surface area contributed by atoms with Crippen molar-refractivity contribution in [2.75, 3.05) is 0 Å². The molecule has 0 heterocycles. The van der Waals surface area contributed by atoms with E-state index in [1.54, 1.807) is 5.20 Å². The lowest BCUT2D eigenvalue weighted by Crippen LogP contribution is -2.23. The fraction of sp³-hybridized carbons (Fsp3) is 0.500. The minimum absolute atomic E-state index is 1.04. The van der Waals surface area contributed by atoms with Gasteiger partial charge in [-0.1, -0.05) is 52.9 Å². The Morgan fingerprint density at radius 3 is 2.10 bits per heavy atom. The van der Waals surface area contributed by atoms with Gasteiger partial charge in [-0.25, -0.2) is 0 Å². The first-order valence-electron chi connectivity index (χ1n) is 3.58. The van der Waals surface area contributed by atoms with Crippen LogP contribution in [0.4, 0.5) is 0 Å². The van der Waals surface area contributed by atoms with Crippen LogP contribution in [0.3, 0.4) is 0 Å². The lowest BCUT2D eigenvalue weighted by Gasteiger charge is -2.17. The number of hydrogen-bond acceptors (Lipinski definition) is 0. The molecule has 0 unspecified atom stereocenters. The van der Waals surface area contributed by atoms with Crippen LogP contribution in [0.1, 0.15) is 6.42 Å². The average Bonchev–Trinajstić information content (AvgIpc) is 2.11. The third-order valence-electron chi connectivity index (χ3n) is 1.68. The molecule has 0 fully saturated rings. The number of halogens is 1. The van der Waals surface area contributed by atoms with E-state index in [1.807, 2.05) is 0 Å². The lowest BCUT2D eigenvalue weighted by molar-refractivity contribution is 1.44. The first-order chi connectivity index (χ1) is 4.52. The molecule has 0 saturated heterocycles. The first-order valence-corrected chi connectivity index (χ1v) is 7.88. The zero-order valence-corrected chi connectivity index (χ0v) is 9.33. The highest BCUT2D eigenvalue weighted by Gasteiger charge is 2.22. The van der Waals surface area contributed by atoms with E-state index >= 15 is 0 Å². The Balaban J connectivity index is 2.85. The van der Waals surface area contributed by atoms with E-state index in [0.717, 1.165) is 6.42 Å². The van der Waals surface area contributed by atoms with Crippen LogP contribution in [-0.4, -0.2) is 8.07 Å². The van der Waals surface area contributed by atoms with Gasteiger partial charge in [0.05, 0.1) is 8.07 Å². The molecule has 0 aromatic carbocycles. The Bertz CT molecular complexity index is 196. The molecule has 56 valence electrons. The predicted molar refractivity (Wildman–Crippen MR) is 53.1 cm³/mol. The van der Waals surface area contributed by atoms with Crippen molar-refractivity contribution in [1.29, 1.82) is 0 Å². The maximum atomic E-state index is 3.57. The molecule has 0 radical (unpaired) electrons. The highest BCUT2D eigenvalue weighted by Crippen LogP contribution is 2.31. The van der Waals surface area contributed by atoms with E-state index < -0.39 is 8.07 Å². The minimum Gasteiger partial charge on any atom is -0.0803 e. The highest BCUT2D eigenvalue weighted by molar-refractivity contribution is 9.12. The first kappa shape index (κ1) is 8.28. The standard InChI is InChI=1S/C8H13BrSi/c1-10(2,3)8-6-4-5-7(8)9/h5-6H,4H2,1-3H3. The summed E-state index contributed by atoms with van der Waals surface area (Å²) < 4.78 is 1.34. The third kappa shape index (κ3) is 1.61. The van der Waals surface area contributed by atoms with Crippen LogP contribution >= 0.6 is 15.9 Å². The quantitative estimate of drug-likeness (QED) is 0.590. The van der Waals surface area contributed by atoms with Gasteiger partial charge in [-0.15, -0.1) is 0 Å². The molecular weight excluding hydrogens is 204 g/mol. The van der Waals surface area contributed by atoms with Crippen molar-refractivity contribution in [2.45, 2.75) is 26.1 Å². The predicted octanol–water partition coefficient (Wildman–Crippen LogP) is 3.47. The summed E-state index contributed by atoms with van der Waals surface area (Å²) in [5, 5.41) is 1.58. The molecule has 0 bridgehead atoms. The van der Waals surface area contributed by atoms with Gasteiger partial charge in [0.15, 0.2) is 0 Å². The molecule has 0 N–H and O–H groups in total. The van der Waals surface area contributed by atoms with Crippen molar-refractivity contribution < 1.29 is 0 Å². The molecule has 1 rings (SSSR count). The molecule has 2 heteroatoms. The minimum atomic E-state index is -1.04. The molecule has 0 amide bonds. The molecule has 0 saturated carbocycles. The van der Waals surface area contributed by atoms with E-state index in [1.165, 1.54) is 4.48 Å². The van der Waals surface area contributed by atoms with Crippen LogP contribution in [0, 0.1) is 0 Å². The van der Waals surface area contributed by atoms with Crippen LogP contribution in [0.5, 0.6) is 0 Å². The van der Waals surface area contributed by atoms with E-state index in [4.69, 9.17) is 0 Å². The number of allylic oxidation sites excluding steroid dienone is 4. The maximum absolute atomic E-state index is 3.57. The summed E-state index contributed by atoms with van der Waals surface area (Å²) in [5.41, 5.74) is 0. The summed E-state index contributed by atoms with van der Waals surface area (Å²) in [7, 11) is -1.04. The zero-order chi connectivity index (χ0) is 7.78. The third-order valence-corrected chi connectivity index (χ3v) is 4.89. The van der Waals surface area contributed by atoms with E-state index in [2.05, 4.69) is 47.7 Å². The van der Waals surface area contributed by atoms with Crippen molar-refractivity contribution >= 4 is 24.0 Å². The van der Waals surface area contributed by atoms with Crippen LogP contribution in [-0.2, 0) is 0 Å². The lowest BCUT2D eigenvalue weighted by atomic mass is 10.5. The molecule has 0 atom stereocenters. The topological polar surface area (TPSA) is 0 Å². The van der Waals surface area contributed by atoms with Gasteiger partial charge in [-0.05, 0) is 6.42 Å². The summed E-state index contributed by atoms with van der Waals surface area (Å²) in [6, 6.07) is 0. The number of hydrogen-bond donors (Lipinski definition) is 0. The summed E-state index contributed by atoms with van der Waals surface area (Å²) in [6.45, 7) is 7.12. The van der Waals surface area contributed by atoms with Crippen LogP contribution in [0.15, 0.2) is 21.8 Å². The van der Waals surface area contributed by atoms with Gasteiger partial charge in [-0.3, -0.25) is 0 Å². The molecule has 0 nitrogen and oxygen atoms in total. The number of rotatable bonds is 1. The van der Waals surface area contributed by atoms with Gasteiger partial charge < -0.3 is 0 Å². The SMILES string of the molecule is C[Si](C)(C)C1=CCC=C1Br. The van der Waals surface area contributed by atoms with Crippen molar-refractivity contribution in [3.05, 3.63) is 21.8 Å². The maximum Gasteiger partial charge on any atom is 0.0786 e. The van der Waals surface area contributed by atoms with E-state index in [-0.39, 0.29) is 0 Å². The van der Waals surface area contributed by atoms with Gasteiger partial charge in [0, 0.05) is 4.48 Å². The summed E-state index contributed by atoms with van der Waals surface area (Å²) in [5.74, 6) is 0. The highest BCUT2D eigenvalue weighted by atomic mass is 79.9. The second-order valence-electron chi connectivity index (χ2n) is 3.66. The second kappa shape index (κ2) is 2.66. The summed E-state index contributed by atoms with van der Waals surface area (Å²) in [6.07, 6.45) is 5.71. The van der Waals surface area contributed by atoms with E-state index in [9.17, 15) is 0 Å². The van der Waals surface area contributed by atoms with Gasteiger partial charge in [0.1, 0.15) is 0 Å². The normalized spacial score (nSPS) is 18.8. The van der Waals surface area contributed by atoms with Crippen LogP contribution < -0.4 is 0 Å². The molecule has 1 aliphatic rings. The molecular formula is C8H13BrSi. The molecule has 1 aliphatic carbocycles. The van der Waals surface area contributed by atoms with Gasteiger partial charge in [0.25, 0.3) is 0 Å². The average molecular weight is 217 g/mol. The zero-order valence-electron chi connectivity index (χ0n) is 6.74. The van der Waals surface area contributed by atoms with Crippen molar-refractivity contribution in [1.82, 2.24) is 0 Å². The van der Waals surface area contributed by atoms with E-state index in [0.29, 0.717) is 0 Å². The smallest absolute Gasteiger partial charge is 0.0786 e. The fourth-order valence-electron chi connectivity index (χ4n) is 1.15. The molecule has 0 aromatic rings. The Hall–Kier alpha value is 0.177. The Kier molecular flexibility index (Phi) is 2.20. The fourth-order valence-corrected chi connectivity index (χ4v) is 4.83. The molecule has 0 aromatic heterocycles. The van der Waals surface area contributed by atoms with Crippen molar-refractivity contribution in [3.63, 3.8) is 0 Å². The molecule has 10 heavy (non-hydrogen) atoms. The van der Waals surface area contributed by atoms with Gasteiger partial charge in [0.2, 0.25) is 0 Å². The second-order valence-corrected chi connectivity index (χ2v) is 9.55. The monoisotopic (exact) mass is 216 g/mol. The Morgan fingerprint density at radius 1 is 1.30 bits per heavy atom. The Morgan fingerprint density at radius 2 is 1.90 bits per heavy atom. The van der Waals surface area contributed by atoms with Gasteiger partial charge >= 0.3 is 0 Å². The largest absolute Gasteiger partial charge is 0.0803 e. The molecule has 0 spiro atoms. The Labute approximate surface area is 72.2 Å².